The SMILES string of the molecule is O=CC1CCCC(SCCO)O1. The summed E-state index contributed by atoms with van der Waals surface area (Å²) in [7, 11) is 0. The van der Waals surface area contributed by atoms with Crippen LogP contribution in [0, 0.1) is 0 Å². The fraction of sp³-hybridized carbons (Fsp3) is 0.875. The third-order valence-electron chi connectivity index (χ3n) is 1.80. The van der Waals surface area contributed by atoms with Gasteiger partial charge in [-0.05, 0) is 19.3 Å². The van der Waals surface area contributed by atoms with Crippen LogP contribution in [0.1, 0.15) is 19.3 Å². The average Bonchev–Trinajstić information content (AvgIpc) is 2.15. The Morgan fingerprint density at radius 2 is 2.42 bits per heavy atom. The van der Waals surface area contributed by atoms with Gasteiger partial charge in [0.05, 0.1) is 6.61 Å². The lowest BCUT2D eigenvalue weighted by atomic mass is 10.1. The van der Waals surface area contributed by atoms with Crippen LogP contribution in [0.25, 0.3) is 0 Å². The van der Waals surface area contributed by atoms with E-state index in [2.05, 4.69) is 0 Å². The third kappa shape index (κ3) is 3.13. The highest BCUT2D eigenvalue weighted by Crippen LogP contribution is 2.25. The van der Waals surface area contributed by atoms with Crippen molar-refractivity contribution in [1.29, 1.82) is 0 Å². The molecule has 1 aliphatic rings. The Morgan fingerprint density at radius 1 is 1.58 bits per heavy atom. The average molecular weight is 190 g/mol. The van der Waals surface area contributed by atoms with E-state index in [1.165, 1.54) is 0 Å². The molecule has 4 heteroatoms. The summed E-state index contributed by atoms with van der Waals surface area (Å²) in [5.74, 6) is 0.691. The van der Waals surface area contributed by atoms with E-state index in [4.69, 9.17) is 9.84 Å². The minimum atomic E-state index is -0.213. The second-order valence-electron chi connectivity index (χ2n) is 2.77. The van der Waals surface area contributed by atoms with E-state index in [9.17, 15) is 4.79 Å². The largest absolute Gasteiger partial charge is 0.396 e. The molecule has 1 fully saturated rings. The molecule has 3 nitrogen and oxygen atoms in total. The predicted molar refractivity (Wildman–Crippen MR) is 48.1 cm³/mol. The Kier molecular flexibility index (Phi) is 4.65. The molecular weight excluding hydrogens is 176 g/mol. The summed E-state index contributed by atoms with van der Waals surface area (Å²) in [5, 5.41) is 8.57. The van der Waals surface area contributed by atoms with Gasteiger partial charge in [0.25, 0.3) is 0 Å². The molecular formula is C8H14O3S. The molecule has 0 aromatic rings. The van der Waals surface area contributed by atoms with Crippen LogP contribution in [0.3, 0.4) is 0 Å². The van der Waals surface area contributed by atoms with Crippen molar-refractivity contribution in [2.24, 2.45) is 0 Å². The highest BCUT2D eigenvalue weighted by atomic mass is 32.2. The molecule has 0 bridgehead atoms. The first-order chi connectivity index (χ1) is 5.86. The number of carbonyl (C=O) groups excluding carboxylic acids is 1. The maximum atomic E-state index is 10.4. The standard InChI is InChI=1S/C8H14O3S/c9-4-5-12-8-3-1-2-7(6-10)11-8/h6-9H,1-5H2. The van der Waals surface area contributed by atoms with Gasteiger partial charge < -0.3 is 14.6 Å². The molecule has 0 saturated carbocycles. The smallest absolute Gasteiger partial charge is 0.148 e. The zero-order valence-corrected chi connectivity index (χ0v) is 7.76. The Hall–Kier alpha value is -0.0600. The molecule has 0 aliphatic carbocycles. The molecule has 0 aromatic carbocycles. The Bertz CT molecular complexity index is 140. The van der Waals surface area contributed by atoms with Gasteiger partial charge >= 0.3 is 0 Å². The van der Waals surface area contributed by atoms with Gasteiger partial charge in [0.2, 0.25) is 0 Å². The van der Waals surface area contributed by atoms with Crippen LogP contribution in [0.5, 0.6) is 0 Å². The summed E-state index contributed by atoms with van der Waals surface area (Å²) in [4.78, 5) is 10.4. The van der Waals surface area contributed by atoms with Crippen LogP contribution in [-0.2, 0) is 9.53 Å². The molecule has 1 aliphatic heterocycles. The molecule has 12 heavy (non-hydrogen) atoms. The minimum absolute atomic E-state index is 0.112. The zero-order chi connectivity index (χ0) is 8.81. The van der Waals surface area contributed by atoms with Crippen LogP contribution < -0.4 is 0 Å². The lowest BCUT2D eigenvalue weighted by Gasteiger charge is -2.26. The number of rotatable bonds is 4. The van der Waals surface area contributed by atoms with Gasteiger partial charge in [-0.25, -0.2) is 0 Å². The number of hydrogen-bond donors (Lipinski definition) is 1. The highest BCUT2D eigenvalue weighted by Gasteiger charge is 2.21. The highest BCUT2D eigenvalue weighted by molar-refractivity contribution is 7.99. The summed E-state index contributed by atoms with van der Waals surface area (Å²) in [6, 6.07) is 0. The van der Waals surface area contributed by atoms with E-state index in [1.54, 1.807) is 11.8 Å². The monoisotopic (exact) mass is 190 g/mol. The molecule has 70 valence electrons. The van der Waals surface area contributed by atoms with Crippen LogP contribution in [0.15, 0.2) is 0 Å². The normalized spacial score (nSPS) is 30.1. The van der Waals surface area contributed by atoms with Gasteiger partial charge in [0, 0.05) is 5.75 Å². The molecule has 0 radical (unpaired) electrons. The first kappa shape index (κ1) is 10.0. The maximum Gasteiger partial charge on any atom is 0.148 e. The quantitative estimate of drug-likeness (QED) is 0.666. The molecule has 1 saturated heterocycles. The van der Waals surface area contributed by atoms with Gasteiger partial charge in [-0.3, -0.25) is 0 Å². The molecule has 2 unspecified atom stereocenters. The summed E-state index contributed by atoms with van der Waals surface area (Å²) >= 11 is 1.59. The Balaban J connectivity index is 2.20. The van der Waals surface area contributed by atoms with E-state index in [1.807, 2.05) is 0 Å². The van der Waals surface area contributed by atoms with E-state index in [0.717, 1.165) is 25.5 Å². The van der Waals surface area contributed by atoms with Crippen molar-refractivity contribution < 1.29 is 14.6 Å². The van der Waals surface area contributed by atoms with E-state index >= 15 is 0 Å². The number of aliphatic hydroxyl groups excluding tert-OH is 1. The summed E-state index contributed by atoms with van der Waals surface area (Å²) in [6.45, 7) is 0.177. The Morgan fingerprint density at radius 3 is 3.08 bits per heavy atom. The van der Waals surface area contributed by atoms with Crippen molar-refractivity contribution >= 4 is 18.0 Å². The lowest BCUT2D eigenvalue weighted by molar-refractivity contribution is -0.121. The van der Waals surface area contributed by atoms with Crippen molar-refractivity contribution in [2.45, 2.75) is 30.8 Å². The maximum absolute atomic E-state index is 10.4. The zero-order valence-electron chi connectivity index (χ0n) is 6.94. The van der Waals surface area contributed by atoms with E-state index in [-0.39, 0.29) is 18.1 Å². The molecule has 1 rings (SSSR count). The third-order valence-corrected chi connectivity index (χ3v) is 2.94. The molecule has 1 N–H and O–H groups in total. The second-order valence-corrected chi connectivity index (χ2v) is 4.03. The number of aliphatic hydroxyl groups is 1. The lowest BCUT2D eigenvalue weighted by Crippen LogP contribution is -2.26. The van der Waals surface area contributed by atoms with Crippen LogP contribution in [-0.4, -0.2) is 35.3 Å². The van der Waals surface area contributed by atoms with Crippen molar-refractivity contribution in [3.8, 4) is 0 Å². The first-order valence-electron chi connectivity index (χ1n) is 4.20. The molecule has 0 spiro atoms. The van der Waals surface area contributed by atoms with Crippen LogP contribution >= 0.6 is 11.8 Å². The predicted octanol–water partition coefficient (Wildman–Crippen LogP) is 0.806. The fourth-order valence-electron chi connectivity index (χ4n) is 1.22. The van der Waals surface area contributed by atoms with Crippen molar-refractivity contribution in [3.05, 3.63) is 0 Å². The first-order valence-corrected chi connectivity index (χ1v) is 5.25. The second kappa shape index (κ2) is 5.56. The van der Waals surface area contributed by atoms with E-state index < -0.39 is 0 Å². The molecule has 0 amide bonds. The number of hydrogen-bond acceptors (Lipinski definition) is 4. The summed E-state index contributed by atoms with van der Waals surface area (Å²) < 4.78 is 5.42. The fourth-order valence-corrected chi connectivity index (χ4v) is 2.15. The van der Waals surface area contributed by atoms with E-state index in [0.29, 0.717) is 5.75 Å². The number of carbonyl (C=O) groups is 1. The van der Waals surface area contributed by atoms with Gasteiger partial charge in [0.15, 0.2) is 0 Å². The van der Waals surface area contributed by atoms with Gasteiger partial charge in [-0.15, -0.1) is 11.8 Å². The van der Waals surface area contributed by atoms with Crippen LogP contribution in [0.4, 0.5) is 0 Å². The molecule has 1 heterocycles. The van der Waals surface area contributed by atoms with Crippen molar-refractivity contribution in [1.82, 2.24) is 0 Å². The summed E-state index contributed by atoms with van der Waals surface area (Å²) in [5.41, 5.74) is 0.112. The van der Waals surface area contributed by atoms with Gasteiger partial charge in [-0.2, -0.15) is 0 Å². The van der Waals surface area contributed by atoms with Crippen molar-refractivity contribution in [3.63, 3.8) is 0 Å². The topological polar surface area (TPSA) is 46.5 Å². The number of aldehydes is 1. The minimum Gasteiger partial charge on any atom is -0.396 e. The Labute approximate surface area is 76.5 Å². The van der Waals surface area contributed by atoms with Gasteiger partial charge in [0.1, 0.15) is 17.8 Å². The summed E-state index contributed by atoms with van der Waals surface area (Å²) in [6.07, 6.45) is 3.54. The van der Waals surface area contributed by atoms with Crippen LogP contribution in [0.2, 0.25) is 0 Å². The number of thioether (sulfide) groups is 1. The van der Waals surface area contributed by atoms with Crippen molar-refractivity contribution in [2.75, 3.05) is 12.4 Å². The molecule has 0 aromatic heterocycles. The number of ether oxygens (including phenoxy) is 1. The van der Waals surface area contributed by atoms with Gasteiger partial charge in [-0.1, -0.05) is 0 Å². The molecule has 2 atom stereocenters.